The topological polar surface area (TPSA) is 20.2 Å². The number of halogens is 1. The van der Waals surface area contributed by atoms with Crippen LogP contribution >= 0.6 is 0 Å². The Morgan fingerprint density at radius 1 is 0.833 bits per heavy atom. The van der Waals surface area contributed by atoms with E-state index in [0.29, 0.717) is 11.3 Å². The van der Waals surface area contributed by atoms with Crippen LogP contribution in [0.3, 0.4) is 0 Å². The molecule has 1 aliphatic carbocycles. The van der Waals surface area contributed by atoms with Gasteiger partial charge in [-0.3, -0.25) is 0 Å². The molecular formula is C28H33FO. The molecule has 30 heavy (non-hydrogen) atoms. The summed E-state index contributed by atoms with van der Waals surface area (Å²) in [4.78, 5) is 0. The monoisotopic (exact) mass is 404 g/mol. The zero-order chi connectivity index (χ0) is 20.9. The fraction of sp³-hybridized carbons (Fsp3) is 0.429. The summed E-state index contributed by atoms with van der Waals surface area (Å²) in [5.41, 5.74) is 3.69. The first-order valence-corrected chi connectivity index (χ1v) is 11.7. The molecule has 1 N–H and O–H groups in total. The van der Waals surface area contributed by atoms with Crippen LogP contribution in [-0.2, 0) is 0 Å². The van der Waals surface area contributed by atoms with E-state index in [-0.39, 0.29) is 5.75 Å². The molecule has 158 valence electrons. The first-order chi connectivity index (χ1) is 14.7. The quantitative estimate of drug-likeness (QED) is 0.391. The van der Waals surface area contributed by atoms with Gasteiger partial charge in [-0.2, -0.15) is 0 Å². The van der Waals surface area contributed by atoms with Gasteiger partial charge in [-0.05, 0) is 71.7 Å². The van der Waals surface area contributed by atoms with Gasteiger partial charge in [0.1, 0.15) is 0 Å². The Balaban J connectivity index is 1.39. The van der Waals surface area contributed by atoms with E-state index < -0.39 is 5.82 Å². The van der Waals surface area contributed by atoms with E-state index in [9.17, 15) is 9.50 Å². The zero-order valence-electron chi connectivity index (χ0n) is 18.0. The number of unbranched alkanes of at least 4 members (excludes halogenated alkanes) is 3. The zero-order valence-corrected chi connectivity index (χ0v) is 18.0. The fourth-order valence-electron chi connectivity index (χ4n) is 5.05. The number of benzene rings is 3. The Bertz CT molecular complexity index is 968. The molecule has 0 heterocycles. The number of phenols is 1. The lowest BCUT2D eigenvalue weighted by molar-refractivity contribution is 0.302. The Morgan fingerprint density at radius 3 is 2.30 bits per heavy atom. The Kier molecular flexibility index (Phi) is 6.72. The molecular weight excluding hydrogens is 371 g/mol. The van der Waals surface area contributed by atoms with Crippen molar-refractivity contribution in [3.63, 3.8) is 0 Å². The highest BCUT2D eigenvalue weighted by molar-refractivity contribution is 5.89. The molecule has 1 nitrogen and oxygen atoms in total. The van der Waals surface area contributed by atoms with E-state index >= 15 is 0 Å². The number of aromatic hydroxyl groups is 1. The second-order valence-electron chi connectivity index (χ2n) is 9.02. The third kappa shape index (κ3) is 4.69. The van der Waals surface area contributed by atoms with Crippen molar-refractivity contribution in [2.24, 2.45) is 5.92 Å². The van der Waals surface area contributed by atoms with Crippen molar-refractivity contribution < 1.29 is 9.50 Å². The van der Waals surface area contributed by atoms with Crippen LogP contribution in [0.4, 0.5) is 4.39 Å². The SMILES string of the molecule is CCCCCCC1CCC(c2ccc(-c3ccc4c(F)c(O)ccc4c3)cc2)CC1. The van der Waals surface area contributed by atoms with Crippen LogP contribution in [0.1, 0.15) is 76.2 Å². The highest BCUT2D eigenvalue weighted by atomic mass is 19.1. The van der Waals surface area contributed by atoms with Crippen molar-refractivity contribution in [3.8, 4) is 16.9 Å². The van der Waals surface area contributed by atoms with E-state index in [1.54, 1.807) is 12.1 Å². The lowest BCUT2D eigenvalue weighted by atomic mass is 9.77. The van der Waals surface area contributed by atoms with E-state index in [0.717, 1.165) is 22.4 Å². The summed E-state index contributed by atoms with van der Waals surface area (Å²) in [6, 6.07) is 17.8. The standard InChI is InChI=1S/C28H33FO/c1-2-3-4-5-6-20-7-9-21(10-8-20)22-11-13-23(14-12-22)24-15-17-26-25(19-24)16-18-27(30)28(26)29/h11-21,30H,2-10H2,1H3. The molecule has 0 unspecified atom stereocenters. The minimum absolute atomic E-state index is 0.296. The van der Waals surface area contributed by atoms with Crippen molar-refractivity contribution in [3.05, 3.63) is 66.0 Å². The van der Waals surface area contributed by atoms with Crippen LogP contribution in [0.25, 0.3) is 21.9 Å². The summed E-state index contributed by atoms with van der Waals surface area (Å²) in [6.45, 7) is 2.28. The van der Waals surface area contributed by atoms with Gasteiger partial charge in [0.25, 0.3) is 0 Å². The second-order valence-corrected chi connectivity index (χ2v) is 9.02. The van der Waals surface area contributed by atoms with Gasteiger partial charge in [-0.25, -0.2) is 4.39 Å². The molecule has 0 aliphatic heterocycles. The molecule has 3 aromatic carbocycles. The van der Waals surface area contributed by atoms with Crippen molar-refractivity contribution in [2.75, 3.05) is 0 Å². The van der Waals surface area contributed by atoms with Gasteiger partial charge in [0, 0.05) is 5.39 Å². The molecule has 0 spiro atoms. The largest absolute Gasteiger partial charge is 0.505 e. The van der Waals surface area contributed by atoms with Gasteiger partial charge in [0.2, 0.25) is 0 Å². The van der Waals surface area contributed by atoms with E-state index in [1.807, 2.05) is 12.1 Å². The van der Waals surface area contributed by atoms with Crippen molar-refractivity contribution in [1.82, 2.24) is 0 Å². The maximum atomic E-state index is 14.1. The van der Waals surface area contributed by atoms with Gasteiger partial charge in [-0.15, -0.1) is 0 Å². The molecule has 0 aromatic heterocycles. The normalized spacial score (nSPS) is 19.3. The van der Waals surface area contributed by atoms with Crippen LogP contribution in [0.15, 0.2) is 54.6 Å². The smallest absolute Gasteiger partial charge is 0.172 e. The highest BCUT2D eigenvalue weighted by Gasteiger charge is 2.22. The lowest BCUT2D eigenvalue weighted by Gasteiger charge is -2.29. The van der Waals surface area contributed by atoms with Gasteiger partial charge < -0.3 is 5.11 Å². The number of phenolic OH excluding ortho intramolecular Hbond substituents is 1. The predicted octanol–water partition coefficient (Wildman–Crippen LogP) is 8.60. The first-order valence-electron chi connectivity index (χ1n) is 11.7. The second kappa shape index (κ2) is 9.64. The minimum atomic E-state index is -0.546. The molecule has 1 fully saturated rings. The maximum Gasteiger partial charge on any atom is 0.172 e. The van der Waals surface area contributed by atoms with Crippen molar-refractivity contribution in [1.29, 1.82) is 0 Å². The summed E-state index contributed by atoms with van der Waals surface area (Å²) in [5.74, 6) is 0.792. The molecule has 1 aliphatic rings. The first kappa shape index (κ1) is 20.9. The van der Waals surface area contributed by atoms with Gasteiger partial charge >= 0.3 is 0 Å². The minimum Gasteiger partial charge on any atom is -0.505 e. The maximum absolute atomic E-state index is 14.1. The van der Waals surface area contributed by atoms with Crippen molar-refractivity contribution >= 4 is 10.8 Å². The third-order valence-corrected chi connectivity index (χ3v) is 6.96. The van der Waals surface area contributed by atoms with Gasteiger partial charge in [0.05, 0.1) is 0 Å². The summed E-state index contributed by atoms with van der Waals surface area (Å²) in [7, 11) is 0. The summed E-state index contributed by atoms with van der Waals surface area (Å²) < 4.78 is 14.1. The Hall–Kier alpha value is -2.35. The molecule has 0 bridgehead atoms. The molecule has 0 atom stereocenters. The summed E-state index contributed by atoms with van der Waals surface area (Å²) in [6.07, 6.45) is 12.3. The Morgan fingerprint density at radius 2 is 1.57 bits per heavy atom. The molecule has 1 saturated carbocycles. The van der Waals surface area contributed by atoms with Crippen LogP contribution in [0, 0.1) is 11.7 Å². The van der Waals surface area contributed by atoms with Crippen LogP contribution < -0.4 is 0 Å². The molecule has 2 heteroatoms. The van der Waals surface area contributed by atoms with E-state index in [1.165, 1.54) is 69.4 Å². The molecule has 0 saturated heterocycles. The summed E-state index contributed by atoms with van der Waals surface area (Å²) >= 11 is 0. The third-order valence-electron chi connectivity index (χ3n) is 6.96. The van der Waals surface area contributed by atoms with Crippen LogP contribution in [0.5, 0.6) is 5.75 Å². The molecule has 0 amide bonds. The summed E-state index contributed by atoms with van der Waals surface area (Å²) in [5, 5.41) is 10.8. The van der Waals surface area contributed by atoms with Gasteiger partial charge in [0.15, 0.2) is 11.6 Å². The number of hydrogen-bond donors (Lipinski definition) is 1. The number of rotatable bonds is 7. The molecule has 0 radical (unpaired) electrons. The number of hydrogen-bond acceptors (Lipinski definition) is 1. The predicted molar refractivity (Wildman–Crippen MR) is 124 cm³/mol. The van der Waals surface area contributed by atoms with E-state index in [2.05, 4.69) is 31.2 Å². The average molecular weight is 405 g/mol. The van der Waals surface area contributed by atoms with Crippen molar-refractivity contribution in [2.45, 2.75) is 70.6 Å². The van der Waals surface area contributed by atoms with Crippen LogP contribution in [-0.4, -0.2) is 5.11 Å². The number of fused-ring (bicyclic) bond motifs is 1. The average Bonchev–Trinajstić information content (AvgIpc) is 2.80. The van der Waals surface area contributed by atoms with E-state index in [4.69, 9.17) is 0 Å². The van der Waals surface area contributed by atoms with Gasteiger partial charge in [-0.1, -0.05) is 81.5 Å². The van der Waals surface area contributed by atoms with Crippen LogP contribution in [0.2, 0.25) is 0 Å². The lowest BCUT2D eigenvalue weighted by Crippen LogP contribution is -2.13. The highest BCUT2D eigenvalue weighted by Crippen LogP contribution is 2.38. The Labute approximate surface area is 180 Å². The fourth-order valence-corrected chi connectivity index (χ4v) is 5.05. The molecule has 3 aromatic rings. The molecule has 4 rings (SSSR count).